The molecule has 7 nitrogen and oxygen atoms in total. The standard InChI is InChI=1S/C16H22N4O3S2/c1-5-25(21,22)14-7-12(10(9(2)3)6-11(14)23-4)24-13-8-19-16(18)20-15(13)17/h6-9H,5H2,1-4H3,(H4,17,18,19,20). The Morgan fingerprint density at radius 3 is 2.44 bits per heavy atom. The van der Waals surface area contributed by atoms with Gasteiger partial charge in [0.25, 0.3) is 0 Å². The number of nitrogen functional groups attached to an aromatic ring is 2. The fourth-order valence-electron chi connectivity index (χ4n) is 2.25. The second kappa shape index (κ2) is 7.49. The molecule has 0 aliphatic rings. The average Bonchev–Trinajstić information content (AvgIpc) is 2.56. The van der Waals surface area contributed by atoms with Crippen LogP contribution in [0.25, 0.3) is 0 Å². The Balaban J connectivity index is 2.64. The van der Waals surface area contributed by atoms with Gasteiger partial charge in [0.05, 0.1) is 17.8 Å². The van der Waals surface area contributed by atoms with Gasteiger partial charge in [0.2, 0.25) is 5.95 Å². The van der Waals surface area contributed by atoms with Crippen molar-refractivity contribution >= 4 is 33.4 Å². The molecule has 0 aliphatic heterocycles. The summed E-state index contributed by atoms with van der Waals surface area (Å²) in [6.45, 7) is 5.65. The number of nitrogens with zero attached hydrogens (tertiary/aromatic N) is 2. The Morgan fingerprint density at radius 2 is 1.92 bits per heavy atom. The van der Waals surface area contributed by atoms with E-state index >= 15 is 0 Å². The van der Waals surface area contributed by atoms with Crippen LogP contribution in [0.3, 0.4) is 0 Å². The molecule has 0 bridgehead atoms. The lowest BCUT2D eigenvalue weighted by atomic mass is 10.0. The molecule has 2 aromatic rings. The molecular weight excluding hydrogens is 360 g/mol. The zero-order chi connectivity index (χ0) is 18.8. The first-order chi connectivity index (χ1) is 11.7. The number of aromatic nitrogens is 2. The first-order valence-corrected chi connectivity index (χ1v) is 10.2. The lowest BCUT2D eigenvalue weighted by Gasteiger charge is -2.17. The van der Waals surface area contributed by atoms with Crippen LogP contribution in [0.1, 0.15) is 32.3 Å². The average molecular weight is 383 g/mol. The van der Waals surface area contributed by atoms with Crippen molar-refractivity contribution in [2.75, 3.05) is 24.3 Å². The molecule has 0 atom stereocenters. The van der Waals surface area contributed by atoms with Crippen molar-refractivity contribution in [1.82, 2.24) is 9.97 Å². The van der Waals surface area contributed by atoms with E-state index in [9.17, 15) is 8.42 Å². The summed E-state index contributed by atoms with van der Waals surface area (Å²) in [5.74, 6) is 0.835. The van der Waals surface area contributed by atoms with Gasteiger partial charge < -0.3 is 16.2 Å². The van der Waals surface area contributed by atoms with Crippen LogP contribution in [0.15, 0.2) is 33.0 Å². The lowest BCUT2D eigenvalue weighted by molar-refractivity contribution is 0.401. The third-order valence-corrected chi connectivity index (χ3v) is 6.51. The molecule has 0 spiro atoms. The van der Waals surface area contributed by atoms with E-state index in [0.29, 0.717) is 10.6 Å². The minimum absolute atomic E-state index is 0.0123. The summed E-state index contributed by atoms with van der Waals surface area (Å²) in [7, 11) is -1.97. The SMILES string of the molecule is CCS(=O)(=O)c1cc(Sc2cnc(N)nc2N)c(C(C)C)cc1OC. The lowest BCUT2D eigenvalue weighted by Crippen LogP contribution is -2.08. The molecule has 136 valence electrons. The van der Waals surface area contributed by atoms with Crippen molar-refractivity contribution in [3.05, 3.63) is 23.9 Å². The third-order valence-electron chi connectivity index (χ3n) is 3.65. The normalized spacial score (nSPS) is 11.7. The highest BCUT2D eigenvalue weighted by molar-refractivity contribution is 7.99. The number of hydrogen-bond donors (Lipinski definition) is 2. The Morgan fingerprint density at radius 1 is 1.24 bits per heavy atom. The molecule has 9 heteroatoms. The predicted octanol–water partition coefficient (Wildman–Crippen LogP) is 2.72. The molecule has 0 unspecified atom stereocenters. The topological polar surface area (TPSA) is 121 Å². The van der Waals surface area contributed by atoms with E-state index in [1.807, 2.05) is 13.8 Å². The Kier molecular flexibility index (Phi) is 5.79. The van der Waals surface area contributed by atoms with E-state index < -0.39 is 9.84 Å². The molecular formula is C16H22N4O3S2. The Bertz CT molecular complexity index is 883. The number of sulfone groups is 1. The number of ether oxygens (including phenoxy) is 1. The molecule has 0 fully saturated rings. The maximum absolute atomic E-state index is 12.4. The molecule has 1 heterocycles. The van der Waals surface area contributed by atoms with Crippen LogP contribution in [0, 0.1) is 0 Å². The summed E-state index contributed by atoms with van der Waals surface area (Å²) in [4.78, 5) is 9.45. The molecule has 4 N–H and O–H groups in total. The van der Waals surface area contributed by atoms with Crippen molar-refractivity contribution in [3.63, 3.8) is 0 Å². The van der Waals surface area contributed by atoms with Gasteiger partial charge in [-0.15, -0.1) is 0 Å². The number of hydrogen-bond acceptors (Lipinski definition) is 8. The molecule has 0 amide bonds. The summed E-state index contributed by atoms with van der Waals surface area (Å²) in [6.07, 6.45) is 1.53. The number of methoxy groups -OCH3 is 1. The van der Waals surface area contributed by atoms with Gasteiger partial charge in [-0.1, -0.05) is 32.5 Å². The van der Waals surface area contributed by atoms with Crippen LogP contribution < -0.4 is 16.2 Å². The van der Waals surface area contributed by atoms with Gasteiger partial charge in [-0.25, -0.2) is 13.4 Å². The van der Waals surface area contributed by atoms with E-state index in [0.717, 1.165) is 10.5 Å². The third kappa shape index (κ3) is 4.16. The largest absolute Gasteiger partial charge is 0.495 e. The van der Waals surface area contributed by atoms with E-state index in [-0.39, 0.29) is 28.3 Å². The van der Waals surface area contributed by atoms with E-state index in [1.54, 1.807) is 19.1 Å². The summed E-state index contributed by atoms with van der Waals surface area (Å²) < 4.78 is 30.2. The highest BCUT2D eigenvalue weighted by atomic mass is 32.2. The number of anilines is 2. The minimum atomic E-state index is -3.44. The van der Waals surface area contributed by atoms with Gasteiger partial charge in [-0.3, -0.25) is 0 Å². The first-order valence-electron chi connectivity index (χ1n) is 7.70. The fourth-order valence-corrected chi connectivity index (χ4v) is 4.46. The van der Waals surface area contributed by atoms with Crippen LogP contribution in [-0.2, 0) is 9.84 Å². The molecule has 2 rings (SSSR count). The number of rotatable bonds is 6. The quantitative estimate of drug-likeness (QED) is 0.782. The van der Waals surface area contributed by atoms with Gasteiger partial charge in [-0.05, 0) is 23.6 Å². The van der Waals surface area contributed by atoms with Crippen LogP contribution >= 0.6 is 11.8 Å². The minimum Gasteiger partial charge on any atom is -0.495 e. The van der Waals surface area contributed by atoms with Crippen molar-refractivity contribution < 1.29 is 13.2 Å². The summed E-state index contributed by atoms with van der Waals surface area (Å²) in [5.41, 5.74) is 12.4. The van der Waals surface area contributed by atoms with Crippen LogP contribution in [0.2, 0.25) is 0 Å². The molecule has 1 aromatic heterocycles. The van der Waals surface area contributed by atoms with Crippen molar-refractivity contribution in [2.45, 2.75) is 41.4 Å². The van der Waals surface area contributed by atoms with E-state index in [2.05, 4.69) is 9.97 Å². The maximum atomic E-state index is 12.4. The monoisotopic (exact) mass is 382 g/mol. The van der Waals surface area contributed by atoms with Gasteiger partial charge in [0.1, 0.15) is 16.5 Å². The van der Waals surface area contributed by atoms with Crippen LogP contribution in [-0.4, -0.2) is 31.2 Å². The van der Waals surface area contributed by atoms with Gasteiger partial charge in [0.15, 0.2) is 9.84 Å². The van der Waals surface area contributed by atoms with Gasteiger partial charge in [-0.2, -0.15) is 4.98 Å². The summed E-state index contributed by atoms with van der Waals surface area (Å²) in [6, 6.07) is 3.40. The molecule has 1 aromatic carbocycles. The van der Waals surface area contributed by atoms with Crippen molar-refractivity contribution in [3.8, 4) is 5.75 Å². The molecule has 0 saturated heterocycles. The first kappa shape index (κ1) is 19.3. The van der Waals surface area contributed by atoms with Crippen LogP contribution in [0.5, 0.6) is 5.75 Å². The second-order valence-electron chi connectivity index (χ2n) is 5.68. The highest BCUT2D eigenvalue weighted by Gasteiger charge is 2.22. The Hall–Kier alpha value is -2.00. The molecule has 0 radical (unpaired) electrons. The van der Waals surface area contributed by atoms with E-state index in [1.165, 1.54) is 25.1 Å². The highest BCUT2D eigenvalue weighted by Crippen LogP contribution is 2.40. The zero-order valence-corrected chi connectivity index (χ0v) is 16.2. The molecule has 0 aliphatic carbocycles. The zero-order valence-electron chi connectivity index (χ0n) is 14.6. The van der Waals surface area contributed by atoms with Gasteiger partial charge >= 0.3 is 0 Å². The summed E-state index contributed by atoms with van der Waals surface area (Å²) >= 11 is 1.31. The fraction of sp³-hybridized carbons (Fsp3) is 0.375. The molecule has 0 saturated carbocycles. The maximum Gasteiger partial charge on any atom is 0.221 e. The molecule has 25 heavy (non-hydrogen) atoms. The Labute approximate surface area is 152 Å². The predicted molar refractivity (Wildman–Crippen MR) is 99.8 cm³/mol. The second-order valence-corrected chi connectivity index (χ2v) is 9.01. The van der Waals surface area contributed by atoms with Crippen molar-refractivity contribution in [2.24, 2.45) is 0 Å². The number of benzene rings is 1. The van der Waals surface area contributed by atoms with Gasteiger partial charge in [0, 0.05) is 11.1 Å². The van der Waals surface area contributed by atoms with Crippen molar-refractivity contribution in [1.29, 1.82) is 0 Å². The van der Waals surface area contributed by atoms with E-state index in [4.69, 9.17) is 16.2 Å². The summed E-state index contributed by atoms with van der Waals surface area (Å²) in [5, 5.41) is 0. The smallest absolute Gasteiger partial charge is 0.221 e. The van der Waals surface area contributed by atoms with Crippen LogP contribution in [0.4, 0.5) is 11.8 Å². The number of nitrogens with two attached hydrogens (primary N) is 2.